The average Bonchev–Trinajstić information content (AvgIpc) is 4.21. The van der Waals surface area contributed by atoms with E-state index in [-0.39, 0.29) is 11.9 Å². The van der Waals surface area contributed by atoms with Crippen molar-refractivity contribution in [2.45, 2.75) is 266 Å². The molecule has 0 N–H and O–H groups in total. The molecule has 1 saturated heterocycles. The van der Waals surface area contributed by atoms with Crippen LogP contribution in [0.4, 0.5) is 0 Å². The number of unbranched alkanes of at least 4 members (excludes halogenated alkanes) is 19. The van der Waals surface area contributed by atoms with Crippen molar-refractivity contribution < 1.29 is 19.0 Å². The molecule has 5 heteroatoms. The zero-order valence-electron chi connectivity index (χ0n) is 40.9. The largest absolute Gasteiger partial charge is 0.498 e. The minimum atomic E-state index is 0.0860. The lowest BCUT2D eigenvalue weighted by Gasteiger charge is -2.23. The number of allylic oxidation sites excluding steroid dienone is 3. The standard InChI is InChI=1S/C55H101NO4/c1-6-11-16-20-22-26-33-47(32-24-18-13-8-3)53(48-38-39-48)58-43-30-28-36-51-45-56(54(49-40-41-49)59-42-15-10-5)46-52(51)37-29-31-44-60-55(57)50(34-25-19-14-9-4)35-27-23-21-17-12-7-2/h47,50-52H,6-46H2,1-5H3. The molecule has 60 heavy (non-hydrogen) atoms. The molecular weight excluding hydrogens is 739 g/mol. The highest BCUT2D eigenvalue weighted by Crippen LogP contribution is 2.41. The molecule has 1 heterocycles. The van der Waals surface area contributed by atoms with Gasteiger partial charge in [0.1, 0.15) is 0 Å². The third-order valence-electron chi connectivity index (χ3n) is 14.0. The smallest absolute Gasteiger partial charge is 0.308 e. The van der Waals surface area contributed by atoms with E-state index in [2.05, 4.69) is 39.5 Å². The van der Waals surface area contributed by atoms with Gasteiger partial charge in [-0.3, -0.25) is 4.79 Å². The summed E-state index contributed by atoms with van der Waals surface area (Å²) >= 11 is 0. The van der Waals surface area contributed by atoms with Gasteiger partial charge in [0.05, 0.1) is 31.5 Å². The molecular formula is C55H101NO4. The van der Waals surface area contributed by atoms with Crippen molar-refractivity contribution in [3.63, 3.8) is 0 Å². The van der Waals surface area contributed by atoms with Gasteiger partial charge >= 0.3 is 5.97 Å². The van der Waals surface area contributed by atoms with Crippen LogP contribution in [0.15, 0.2) is 22.8 Å². The summed E-state index contributed by atoms with van der Waals surface area (Å²) in [5.74, 6) is 4.87. The van der Waals surface area contributed by atoms with Gasteiger partial charge in [-0.2, -0.15) is 0 Å². The summed E-state index contributed by atoms with van der Waals surface area (Å²) in [6, 6.07) is 0. The van der Waals surface area contributed by atoms with E-state index in [1.54, 1.807) is 11.1 Å². The Morgan fingerprint density at radius 3 is 1.32 bits per heavy atom. The monoisotopic (exact) mass is 840 g/mol. The fourth-order valence-electron chi connectivity index (χ4n) is 9.84. The van der Waals surface area contributed by atoms with Crippen LogP contribution in [0.1, 0.15) is 266 Å². The van der Waals surface area contributed by atoms with E-state index in [0.717, 1.165) is 71.2 Å². The third kappa shape index (κ3) is 23.7. The topological polar surface area (TPSA) is 48.0 Å². The van der Waals surface area contributed by atoms with Gasteiger partial charge in [0, 0.05) is 19.0 Å². The highest BCUT2D eigenvalue weighted by Gasteiger charge is 2.36. The van der Waals surface area contributed by atoms with Crippen molar-refractivity contribution in [1.29, 1.82) is 0 Å². The molecule has 0 bridgehead atoms. The van der Waals surface area contributed by atoms with Gasteiger partial charge < -0.3 is 19.1 Å². The van der Waals surface area contributed by atoms with Crippen molar-refractivity contribution in [3.8, 4) is 0 Å². The molecule has 0 aromatic rings. The lowest BCUT2D eigenvalue weighted by Crippen LogP contribution is -2.23. The van der Waals surface area contributed by atoms with Gasteiger partial charge in [0.2, 0.25) is 0 Å². The molecule has 3 rings (SSSR count). The molecule has 350 valence electrons. The Kier molecular flexibility index (Phi) is 30.6. The lowest BCUT2D eigenvalue weighted by atomic mass is 9.87. The molecule has 3 fully saturated rings. The number of nitrogens with zero attached hydrogens (tertiary/aromatic N) is 1. The lowest BCUT2D eigenvalue weighted by molar-refractivity contribution is -0.149. The van der Waals surface area contributed by atoms with E-state index in [4.69, 9.17) is 14.2 Å². The second kappa shape index (κ2) is 34.8. The predicted octanol–water partition coefficient (Wildman–Crippen LogP) is 17.0. The maximum Gasteiger partial charge on any atom is 0.308 e. The first-order chi connectivity index (χ1) is 29.6. The quantitative estimate of drug-likeness (QED) is 0.0348. The molecule has 2 saturated carbocycles. The maximum absolute atomic E-state index is 13.3. The minimum absolute atomic E-state index is 0.0860. The second-order valence-electron chi connectivity index (χ2n) is 19.7. The van der Waals surface area contributed by atoms with Crippen LogP contribution in [0.2, 0.25) is 0 Å². The van der Waals surface area contributed by atoms with Crippen LogP contribution < -0.4 is 0 Å². The first-order valence-electron chi connectivity index (χ1n) is 27.2. The van der Waals surface area contributed by atoms with Crippen molar-refractivity contribution in [2.75, 3.05) is 32.9 Å². The van der Waals surface area contributed by atoms with E-state index in [1.165, 1.54) is 198 Å². The molecule has 1 aliphatic heterocycles. The minimum Gasteiger partial charge on any atom is -0.498 e. The fraction of sp³-hybridized carbons (Fsp3) is 0.909. The number of carbonyl (C=O) groups excluding carboxylic acids is 1. The van der Waals surface area contributed by atoms with E-state index >= 15 is 0 Å². The van der Waals surface area contributed by atoms with Crippen LogP contribution in [0, 0.1) is 23.7 Å². The van der Waals surface area contributed by atoms with E-state index < -0.39 is 0 Å². The first kappa shape index (κ1) is 52.7. The molecule has 0 spiro atoms. The van der Waals surface area contributed by atoms with Crippen LogP contribution >= 0.6 is 0 Å². The van der Waals surface area contributed by atoms with Crippen molar-refractivity contribution in [2.24, 2.45) is 23.7 Å². The van der Waals surface area contributed by atoms with Gasteiger partial charge in [-0.15, -0.1) is 0 Å². The van der Waals surface area contributed by atoms with Crippen molar-refractivity contribution >= 4 is 5.97 Å². The Morgan fingerprint density at radius 1 is 0.450 bits per heavy atom. The van der Waals surface area contributed by atoms with E-state index in [1.807, 2.05) is 0 Å². The molecule has 0 amide bonds. The third-order valence-corrected chi connectivity index (χ3v) is 14.0. The average molecular weight is 840 g/mol. The zero-order chi connectivity index (χ0) is 42.9. The second-order valence-corrected chi connectivity index (χ2v) is 19.7. The summed E-state index contributed by atoms with van der Waals surface area (Å²) in [5.41, 5.74) is 3.18. The van der Waals surface area contributed by atoms with Gasteiger partial charge in [-0.25, -0.2) is 0 Å². The Labute approximate surface area is 373 Å². The summed E-state index contributed by atoms with van der Waals surface area (Å²) in [7, 11) is 0. The number of carbonyl (C=O) groups is 1. The van der Waals surface area contributed by atoms with Crippen molar-refractivity contribution in [1.82, 2.24) is 4.90 Å². The van der Waals surface area contributed by atoms with Gasteiger partial charge in [-0.05, 0) is 119 Å². The van der Waals surface area contributed by atoms with Crippen LogP contribution in [0.5, 0.6) is 0 Å². The molecule has 0 radical (unpaired) electrons. The molecule has 0 aromatic carbocycles. The first-order valence-corrected chi connectivity index (χ1v) is 27.2. The summed E-state index contributed by atoms with van der Waals surface area (Å²) < 4.78 is 19.4. The maximum atomic E-state index is 13.3. The fourth-order valence-corrected chi connectivity index (χ4v) is 9.84. The van der Waals surface area contributed by atoms with E-state index in [9.17, 15) is 4.79 Å². The predicted molar refractivity (Wildman–Crippen MR) is 257 cm³/mol. The Balaban J connectivity index is 1.50. The molecule has 5 nitrogen and oxygen atoms in total. The van der Waals surface area contributed by atoms with Crippen LogP contribution in [0.3, 0.4) is 0 Å². The molecule has 4 atom stereocenters. The van der Waals surface area contributed by atoms with E-state index in [0.29, 0.717) is 24.4 Å². The van der Waals surface area contributed by atoms with Crippen LogP contribution in [-0.2, 0) is 19.0 Å². The Bertz CT molecular complexity index is 1120. The number of rotatable bonds is 42. The van der Waals surface area contributed by atoms with Crippen molar-refractivity contribution in [3.05, 3.63) is 22.8 Å². The Hall–Kier alpha value is -1.65. The number of hydrogen-bond donors (Lipinski definition) is 0. The molecule has 0 aromatic heterocycles. The highest BCUT2D eigenvalue weighted by atomic mass is 16.5. The summed E-state index contributed by atoms with van der Waals surface area (Å²) in [5, 5.41) is 0. The molecule has 4 unspecified atom stereocenters. The zero-order valence-corrected chi connectivity index (χ0v) is 40.9. The highest BCUT2D eigenvalue weighted by molar-refractivity contribution is 5.72. The van der Waals surface area contributed by atoms with Gasteiger partial charge in [0.25, 0.3) is 0 Å². The number of hydrogen-bond acceptors (Lipinski definition) is 5. The van der Waals surface area contributed by atoms with Crippen LogP contribution in [0.25, 0.3) is 0 Å². The number of ether oxygens (including phenoxy) is 3. The summed E-state index contributed by atoms with van der Waals surface area (Å²) in [6.07, 6.45) is 45.2. The summed E-state index contributed by atoms with van der Waals surface area (Å²) in [4.78, 5) is 16.0. The van der Waals surface area contributed by atoms with Gasteiger partial charge in [-0.1, -0.05) is 169 Å². The molecule has 2 aliphatic carbocycles. The molecule has 3 aliphatic rings. The number of esters is 1. The van der Waals surface area contributed by atoms with Crippen LogP contribution in [-0.4, -0.2) is 43.8 Å². The Morgan fingerprint density at radius 2 is 0.850 bits per heavy atom. The normalized spacial score (nSPS) is 18.2. The summed E-state index contributed by atoms with van der Waals surface area (Å²) in [6.45, 7) is 16.0. The SMILES string of the molecule is CCCCCCCCC(CCCCCC)C(=O)OCCCCC1CN(C(OCCCC)=C2CC2)CC1CCCCOC(=C1CC1)C(CCCCCC)CCCCCCCC. The van der Waals surface area contributed by atoms with Gasteiger partial charge in [0.15, 0.2) is 5.88 Å². The number of likely N-dealkylation sites (tertiary alicyclic amines) is 1.